The van der Waals surface area contributed by atoms with E-state index >= 15 is 0 Å². The molecule has 2 rings (SSSR count). The summed E-state index contributed by atoms with van der Waals surface area (Å²) in [6.07, 6.45) is 2.19. The van der Waals surface area contributed by atoms with Gasteiger partial charge in [-0.05, 0) is 61.6 Å². The van der Waals surface area contributed by atoms with E-state index in [2.05, 4.69) is 12.2 Å². The van der Waals surface area contributed by atoms with Crippen molar-refractivity contribution in [2.45, 2.75) is 65.6 Å². The van der Waals surface area contributed by atoms with Gasteiger partial charge in [0, 0.05) is 22.6 Å². The lowest BCUT2D eigenvalue weighted by Crippen LogP contribution is -2.51. The number of amides is 2. The summed E-state index contributed by atoms with van der Waals surface area (Å²) in [5.41, 5.74) is 1.90. The molecule has 1 N–H and O–H groups in total. The number of benzene rings is 2. The molecule has 0 saturated carbocycles. The van der Waals surface area contributed by atoms with Gasteiger partial charge in [-0.1, -0.05) is 62.2 Å². The van der Waals surface area contributed by atoms with Crippen molar-refractivity contribution in [3.8, 4) is 5.75 Å². The topological polar surface area (TPSA) is 58.6 Å². The van der Waals surface area contributed by atoms with Crippen molar-refractivity contribution in [3.05, 3.63) is 63.6 Å². The van der Waals surface area contributed by atoms with Crippen LogP contribution in [0, 0.1) is 0 Å². The van der Waals surface area contributed by atoms with Crippen LogP contribution in [0.4, 0.5) is 0 Å². The van der Waals surface area contributed by atoms with Crippen LogP contribution in [-0.2, 0) is 22.6 Å². The van der Waals surface area contributed by atoms with Gasteiger partial charge in [-0.2, -0.15) is 0 Å². The van der Waals surface area contributed by atoms with Crippen LogP contribution < -0.4 is 10.1 Å². The second kappa shape index (κ2) is 12.7. The lowest BCUT2D eigenvalue weighted by Gasteiger charge is -2.31. The summed E-state index contributed by atoms with van der Waals surface area (Å²) in [5, 5.41) is 3.94. The Morgan fingerprint density at radius 1 is 1.03 bits per heavy atom. The predicted molar refractivity (Wildman–Crippen MR) is 130 cm³/mol. The molecule has 0 unspecified atom stereocenters. The van der Waals surface area contributed by atoms with Gasteiger partial charge in [0.15, 0.2) is 6.61 Å². The molecule has 2 aromatic rings. The summed E-state index contributed by atoms with van der Waals surface area (Å²) in [6, 6.07) is 12.1. The number of nitrogens with zero attached hydrogens (tertiary/aromatic N) is 1. The van der Waals surface area contributed by atoms with Crippen LogP contribution in [0.1, 0.15) is 51.7 Å². The van der Waals surface area contributed by atoms with Gasteiger partial charge in [0.1, 0.15) is 11.8 Å². The minimum absolute atomic E-state index is 0.0148. The van der Waals surface area contributed by atoms with E-state index in [-0.39, 0.29) is 31.0 Å². The molecule has 0 fully saturated rings. The number of hydrogen-bond acceptors (Lipinski definition) is 3. The highest BCUT2D eigenvalue weighted by atomic mass is 35.5. The third-order valence-electron chi connectivity index (χ3n) is 5.44. The Hall–Kier alpha value is -2.24. The number of ether oxygens (including phenoxy) is 1. The maximum atomic E-state index is 13.2. The lowest BCUT2D eigenvalue weighted by atomic mass is 10.1. The highest BCUT2D eigenvalue weighted by molar-refractivity contribution is 6.35. The minimum atomic E-state index is -0.644. The molecule has 0 saturated heterocycles. The first-order valence-corrected chi connectivity index (χ1v) is 11.8. The molecule has 0 aliphatic heterocycles. The van der Waals surface area contributed by atoms with Crippen LogP contribution >= 0.6 is 23.2 Å². The molecule has 5 nitrogen and oxygen atoms in total. The molecular formula is C25H32Cl2N2O3. The van der Waals surface area contributed by atoms with E-state index in [4.69, 9.17) is 27.9 Å². The first-order chi connectivity index (χ1) is 15.3. The molecule has 0 radical (unpaired) electrons. The molecule has 174 valence electrons. The normalized spacial score (nSPS) is 12.7. The fourth-order valence-electron chi connectivity index (χ4n) is 3.24. The van der Waals surface area contributed by atoms with Crippen LogP contribution in [0.25, 0.3) is 0 Å². The molecule has 0 heterocycles. The monoisotopic (exact) mass is 478 g/mol. The maximum absolute atomic E-state index is 13.2. The van der Waals surface area contributed by atoms with E-state index in [0.717, 1.165) is 12.8 Å². The molecule has 0 aliphatic rings. The molecule has 2 amide bonds. The number of carbonyl (C=O) groups is 2. The van der Waals surface area contributed by atoms with Crippen LogP contribution in [-0.4, -0.2) is 35.4 Å². The Morgan fingerprint density at radius 2 is 1.72 bits per heavy atom. The Kier molecular flexibility index (Phi) is 10.3. The molecule has 0 aromatic heterocycles. The first kappa shape index (κ1) is 26.0. The van der Waals surface area contributed by atoms with Crippen molar-refractivity contribution in [2.24, 2.45) is 0 Å². The van der Waals surface area contributed by atoms with Gasteiger partial charge in [0.05, 0.1) is 0 Å². The van der Waals surface area contributed by atoms with Crippen molar-refractivity contribution in [3.63, 3.8) is 0 Å². The molecule has 2 atom stereocenters. The molecule has 7 heteroatoms. The van der Waals surface area contributed by atoms with Gasteiger partial charge in [0.2, 0.25) is 5.91 Å². The average Bonchev–Trinajstić information content (AvgIpc) is 2.78. The summed E-state index contributed by atoms with van der Waals surface area (Å²) < 4.78 is 5.73. The molecule has 0 bridgehead atoms. The maximum Gasteiger partial charge on any atom is 0.261 e. The fraction of sp³-hybridized carbons (Fsp3) is 0.440. The van der Waals surface area contributed by atoms with Crippen molar-refractivity contribution in [1.29, 1.82) is 0 Å². The highest BCUT2D eigenvalue weighted by Gasteiger charge is 2.30. The van der Waals surface area contributed by atoms with Gasteiger partial charge < -0.3 is 15.0 Å². The summed E-state index contributed by atoms with van der Waals surface area (Å²) in [6.45, 7) is 7.91. The molecule has 32 heavy (non-hydrogen) atoms. The van der Waals surface area contributed by atoms with Crippen molar-refractivity contribution < 1.29 is 14.3 Å². The molecule has 0 aliphatic carbocycles. The predicted octanol–water partition coefficient (Wildman–Crippen LogP) is 5.66. The van der Waals surface area contributed by atoms with E-state index in [1.165, 1.54) is 10.5 Å². The molecule has 2 aromatic carbocycles. The fourth-order valence-corrected chi connectivity index (χ4v) is 3.71. The van der Waals surface area contributed by atoms with E-state index in [1.807, 2.05) is 45.0 Å². The lowest BCUT2D eigenvalue weighted by molar-refractivity contribution is -0.143. The van der Waals surface area contributed by atoms with Gasteiger partial charge in [-0.15, -0.1) is 0 Å². The zero-order valence-electron chi connectivity index (χ0n) is 19.2. The number of hydrogen-bond donors (Lipinski definition) is 1. The third-order valence-corrected chi connectivity index (χ3v) is 6.02. The van der Waals surface area contributed by atoms with E-state index in [0.29, 0.717) is 27.8 Å². The highest BCUT2D eigenvalue weighted by Crippen LogP contribution is 2.24. The average molecular weight is 479 g/mol. The van der Waals surface area contributed by atoms with Gasteiger partial charge in [-0.25, -0.2) is 0 Å². The summed E-state index contributed by atoms with van der Waals surface area (Å²) >= 11 is 12.4. The largest absolute Gasteiger partial charge is 0.484 e. The Balaban J connectivity index is 2.23. The van der Waals surface area contributed by atoms with Gasteiger partial charge in [0.25, 0.3) is 5.91 Å². The van der Waals surface area contributed by atoms with E-state index < -0.39 is 6.04 Å². The SMILES string of the molecule is CCc1ccc(OCC(=O)N(Cc2ccc(Cl)cc2Cl)[C@H](CC)C(=O)N[C@H](C)CC)cc1. The van der Waals surface area contributed by atoms with E-state index in [9.17, 15) is 9.59 Å². The number of nitrogens with one attached hydrogen (secondary N) is 1. The second-order valence-corrected chi connectivity index (χ2v) is 8.63. The smallest absolute Gasteiger partial charge is 0.261 e. The quantitative estimate of drug-likeness (QED) is 0.453. The Bertz CT molecular complexity index is 903. The van der Waals surface area contributed by atoms with Crippen LogP contribution in [0.3, 0.4) is 0 Å². The van der Waals surface area contributed by atoms with Crippen molar-refractivity contribution in [1.82, 2.24) is 10.2 Å². The van der Waals surface area contributed by atoms with Crippen LogP contribution in [0.2, 0.25) is 10.0 Å². The Labute approximate surface area is 201 Å². The van der Waals surface area contributed by atoms with Crippen molar-refractivity contribution in [2.75, 3.05) is 6.61 Å². The van der Waals surface area contributed by atoms with E-state index in [1.54, 1.807) is 18.2 Å². The number of rotatable bonds is 11. The standard InChI is InChI=1S/C25H32Cl2N2O3/c1-5-17(4)28-25(31)23(7-3)29(15-19-10-11-20(26)14-22(19)27)24(30)16-32-21-12-8-18(6-2)9-13-21/h8-14,17,23H,5-7,15-16H2,1-4H3,(H,28,31)/t17-,23-/m1/s1. The van der Waals surface area contributed by atoms with Crippen molar-refractivity contribution >= 4 is 35.0 Å². The second-order valence-electron chi connectivity index (χ2n) is 7.79. The summed E-state index contributed by atoms with van der Waals surface area (Å²) in [7, 11) is 0. The first-order valence-electron chi connectivity index (χ1n) is 11.0. The number of aryl methyl sites for hydroxylation is 1. The van der Waals surface area contributed by atoms with Crippen LogP contribution in [0.5, 0.6) is 5.75 Å². The minimum Gasteiger partial charge on any atom is -0.484 e. The number of carbonyl (C=O) groups excluding carboxylic acids is 2. The summed E-state index contributed by atoms with van der Waals surface area (Å²) in [4.78, 5) is 27.7. The zero-order chi connectivity index (χ0) is 23.7. The Morgan fingerprint density at radius 3 is 2.28 bits per heavy atom. The zero-order valence-corrected chi connectivity index (χ0v) is 20.7. The van der Waals surface area contributed by atoms with Gasteiger partial charge in [-0.3, -0.25) is 9.59 Å². The van der Waals surface area contributed by atoms with Crippen LogP contribution in [0.15, 0.2) is 42.5 Å². The summed E-state index contributed by atoms with van der Waals surface area (Å²) in [5.74, 6) is 0.131. The van der Waals surface area contributed by atoms with Gasteiger partial charge >= 0.3 is 0 Å². The molecular weight excluding hydrogens is 447 g/mol. The molecule has 0 spiro atoms. The number of halogens is 2. The third kappa shape index (κ3) is 7.42.